The molecular weight excluding hydrogens is 250 g/mol. The van der Waals surface area contributed by atoms with Gasteiger partial charge in [-0.05, 0) is 55.3 Å². The second-order valence-corrected chi connectivity index (χ2v) is 4.63. The third-order valence-electron chi connectivity index (χ3n) is 3.07. The second kappa shape index (κ2) is 6.03. The molecule has 0 radical (unpaired) electrons. The van der Waals surface area contributed by atoms with Gasteiger partial charge in [-0.2, -0.15) is 5.26 Å². The first-order valence-corrected chi connectivity index (χ1v) is 6.33. The smallest absolute Gasteiger partial charge is 0.160 e. The molecule has 0 heterocycles. The highest BCUT2D eigenvalue weighted by atomic mass is 16.5. The van der Waals surface area contributed by atoms with Crippen LogP contribution in [-0.4, -0.2) is 5.78 Å². The van der Waals surface area contributed by atoms with Gasteiger partial charge in [-0.25, -0.2) is 0 Å². The summed E-state index contributed by atoms with van der Waals surface area (Å²) in [6.07, 6.45) is 0. The maximum atomic E-state index is 11.4. The maximum absolute atomic E-state index is 11.4. The summed E-state index contributed by atoms with van der Waals surface area (Å²) < 4.78 is 5.69. The number of nitrogens with zero attached hydrogens (tertiary/aromatic N) is 1. The molecular formula is C17H15NO2. The average molecular weight is 265 g/mol. The van der Waals surface area contributed by atoms with Crippen molar-refractivity contribution in [2.75, 3.05) is 0 Å². The van der Waals surface area contributed by atoms with Crippen molar-refractivity contribution in [3.8, 4) is 11.8 Å². The van der Waals surface area contributed by atoms with Crippen LogP contribution >= 0.6 is 0 Å². The van der Waals surface area contributed by atoms with Gasteiger partial charge in [0.05, 0.1) is 11.6 Å². The molecule has 20 heavy (non-hydrogen) atoms. The summed E-state index contributed by atoms with van der Waals surface area (Å²) in [5.41, 5.74) is 3.26. The average Bonchev–Trinajstić information content (AvgIpc) is 2.45. The van der Waals surface area contributed by atoms with E-state index in [0.29, 0.717) is 12.2 Å². The van der Waals surface area contributed by atoms with Crippen molar-refractivity contribution in [1.29, 1.82) is 5.26 Å². The third-order valence-corrected chi connectivity index (χ3v) is 3.07. The minimum absolute atomic E-state index is 0.0566. The lowest BCUT2D eigenvalue weighted by Crippen LogP contribution is -1.99. The highest BCUT2D eigenvalue weighted by Crippen LogP contribution is 2.19. The summed E-state index contributed by atoms with van der Waals surface area (Å²) in [5.74, 6) is 0.790. The Morgan fingerprint density at radius 1 is 1.20 bits per heavy atom. The number of hydrogen-bond donors (Lipinski definition) is 0. The quantitative estimate of drug-likeness (QED) is 0.793. The highest BCUT2D eigenvalue weighted by Gasteiger charge is 2.05. The normalized spacial score (nSPS) is 9.85. The Kier molecular flexibility index (Phi) is 4.17. The van der Waals surface area contributed by atoms with E-state index in [1.54, 1.807) is 31.2 Å². The van der Waals surface area contributed by atoms with Crippen LogP contribution in [0.25, 0.3) is 0 Å². The Hall–Kier alpha value is -2.60. The van der Waals surface area contributed by atoms with Crippen molar-refractivity contribution < 1.29 is 9.53 Å². The topological polar surface area (TPSA) is 50.1 Å². The van der Waals surface area contributed by atoms with Gasteiger partial charge in [0, 0.05) is 5.56 Å². The number of nitriles is 1. The van der Waals surface area contributed by atoms with E-state index in [9.17, 15) is 4.79 Å². The van der Waals surface area contributed by atoms with Crippen molar-refractivity contribution >= 4 is 5.78 Å². The first-order valence-electron chi connectivity index (χ1n) is 6.33. The molecule has 100 valence electrons. The molecule has 0 N–H and O–H groups in total. The molecule has 0 bridgehead atoms. The fourth-order valence-corrected chi connectivity index (χ4v) is 1.96. The molecule has 0 amide bonds. The number of carbonyl (C=O) groups excluding carboxylic acids is 1. The Labute approximate surface area is 118 Å². The monoisotopic (exact) mass is 265 g/mol. The lowest BCUT2D eigenvalue weighted by atomic mass is 10.1. The van der Waals surface area contributed by atoms with Crippen LogP contribution in [0.15, 0.2) is 42.5 Å². The van der Waals surface area contributed by atoms with Crippen LogP contribution in [-0.2, 0) is 6.61 Å². The molecule has 3 heteroatoms. The lowest BCUT2D eigenvalue weighted by Gasteiger charge is -2.09. The molecule has 0 unspecified atom stereocenters. The van der Waals surface area contributed by atoms with Crippen LogP contribution in [0.4, 0.5) is 0 Å². The van der Waals surface area contributed by atoms with Crippen LogP contribution in [0.1, 0.15) is 34.0 Å². The Bertz CT molecular complexity index is 666. The number of benzene rings is 2. The molecule has 0 aromatic heterocycles. The van der Waals surface area contributed by atoms with Gasteiger partial charge >= 0.3 is 0 Å². The molecule has 2 rings (SSSR count). The number of ketones is 1. The third kappa shape index (κ3) is 3.24. The van der Waals surface area contributed by atoms with Gasteiger partial charge in [-0.3, -0.25) is 4.79 Å². The zero-order valence-electron chi connectivity index (χ0n) is 11.5. The van der Waals surface area contributed by atoms with Gasteiger partial charge < -0.3 is 4.74 Å². The molecule has 0 spiro atoms. The molecule has 3 nitrogen and oxygen atoms in total. The standard InChI is InChI=1S/C17H15NO2/c1-12-9-16(7-8-17(12)13(2)19)20-11-15-5-3-14(10-18)4-6-15/h3-9H,11H2,1-2H3. The molecule has 0 aliphatic carbocycles. The van der Waals surface area contributed by atoms with E-state index in [-0.39, 0.29) is 5.78 Å². The fraction of sp³-hybridized carbons (Fsp3) is 0.176. The SMILES string of the molecule is CC(=O)c1ccc(OCc2ccc(C#N)cc2)cc1C. The summed E-state index contributed by atoms with van der Waals surface area (Å²) in [6.45, 7) is 3.88. The van der Waals surface area contributed by atoms with Crippen LogP contribution in [0.3, 0.4) is 0 Å². The van der Waals surface area contributed by atoms with Gasteiger partial charge in [-0.1, -0.05) is 12.1 Å². The number of carbonyl (C=O) groups is 1. The Morgan fingerprint density at radius 2 is 1.90 bits per heavy atom. The van der Waals surface area contributed by atoms with E-state index in [2.05, 4.69) is 6.07 Å². The minimum Gasteiger partial charge on any atom is -0.489 e. The molecule has 0 saturated heterocycles. The summed E-state index contributed by atoms with van der Waals surface area (Å²) in [5, 5.41) is 8.73. The largest absolute Gasteiger partial charge is 0.489 e. The number of Topliss-reactive ketones (excluding diaryl/α,β-unsaturated/α-hetero) is 1. The van der Waals surface area contributed by atoms with E-state index in [0.717, 1.165) is 22.4 Å². The summed E-state index contributed by atoms with van der Waals surface area (Å²) in [4.78, 5) is 11.4. The predicted molar refractivity (Wildman–Crippen MR) is 76.7 cm³/mol. The van der Waals surface area contributed by atoms with E-state index in [1.807, 2.05) is 25.1 Å². The summed E-state index contributed by atoms with van der Waals surface area (Å²) in [7, 11) is 0. The number of rotatable bonds is 4. The van der Waals surface area contributed by atoms with Gasteiger partial charge in [0.1, 0.15) is 12.4 Å². The minimum atomic E-state index is 0.0566. The zero-order valence-corrected chi connectivity index (χ0v) is 11.5. The molecule has 2 aromatic carbocycles. The van der Waals surface area contributed by atoms with Gasteiger partial charge in [-0.15, -0.1) is 0 Å². The van der Waals surface area contributed by atoms with Crippen molar-refractivity contribution in [3.63, 3.8) is 0 Å². The zero-order chi connectivity index (χ0) is 14.5. The van der Waals surface area contributed by atoms with Gasteiger partial charge in [0.25, 0.3) is 0 Å². The summed E-state index contributed by atoms with van der Waals surface area (Å²) in [6, 6.07) is 14.8. The predicted octanol–water partition coefficient (Wildman–Crippen LogP) is 3.65. The first kappa shape index (κ1) is 13.8. The maximum Gasteiger partial charge on any atom is 0.160 e. The van der Waals surface area contributed by atoms with Crippen molar-refractivity contribution in [2.45, 2.75) is 20.5 Å². The van der Waals surface area contributed by atoms with Gasteiger partial charge in [0.15, 0.2) is 5.78 Å². The Balaban J connectivity index is 2.05. The van der Waals surface area contributed by atoms with E-state index >= 15 is 0 Å². The molecule has 0 aliphatic rings. The number of hydrogen-bond acceptors (Lipinski definition) is 3. The van der Waals surface area contributed by atoms with Crippen molar-refractivity contribution in [3.05, 3.63) is 64.7 Å². The van der Waals surface area contributed by atoms with Crippen LogP contribution < -0.4 is 4.74 Å². The van der Waals surface area contributed by atoms with E-state index in [4.69, 9.17) is 10.00 Å². The van der Waals surface area contributed by atoms with Crippen LogP contribution in [0.2, 0.25) is 0 Å². The summed E-state index contributed by atoms with van der Waals surface area (Å²) >= 11 is 0. The number of ether oxygens (including phenoxy) is 1. The van der Waals surface area contributed by atoms with E-state index < -0.39 is 0 Å². The van der Waals surface area contributed by atoms with Gasteiger partial charge in [0.2, 0.25) is 0 Å². The van der Waals surface area contributed by atoms with E-state index in [1.165, 1.54) is 0 Å². The molecule has 0 fully saturated rings. The van der Waals surface area contributed by atoms with Crippen molar-refractivity contribution in [2.24, 2.45) is 0 Å². The molecule has 0 atom stereocenters. The first-order chi connectivity index (χ1) is 9.60. The molecule has 2 aromatic rings. The van der Waals surface area contributed by atoms with Crippen molar-refractivity contribution in [1.82, 2.24) is 0 Å². The lowest BCUT2D eigenvalue weighted by molar-refractivity contribution is 0.101. The number of aryl methyl sites for hydroxylation is 1. The Morgan fingerprint density at radius 3 is 2.45 bits per heavy atom. The second-order valence-electron chi connectivity index (χ2n) is 4.63. The molecule has 0 saturated carbocycles. The molecule has 0 aliphatic heterocycles. The fourth-order valence-electron chi connectivity index (χ4n) is 1.96. The highest BCUT2D eigenvalue weighted by molar-refractivity contribution is 5.95. The van der Waals surface area contributed by atoms with Crippen LogP contribution in [0.5, 0.6) is 5.75 Å². The van der Waals surface area contributed by atoms with Crippen LogP contribution in [0, 0.1) is 18.3 Å².